The van der Waals surface area contributed by atoms with Crippen LogP contribution in [0.2, 0.25) is 0 Å². The van der Waals surface area contributed by atoms with Gasteiger partial charge in [0.1, 0.15) is 5.60 Å². The van der Waals surface area contributed by atoms with Crippen LogP contribution in [0, 0.1) is 0 Å². The molecular formula is C12H15N5O2. The average Bonchev–Trinajstić information content (AvgIpc) is 2.70. The molecule has 0 aliphatic rings. The molecule has 0 atom stereocenters. The summed E-state index contributed by atoms with van der Waals surface area (Å²) in [6.07, 6.45) is 2.58. The van der Waals surface area contributed by atoms with E-state index in [0.717, 1.165) is 4.57 Å². The van der Waals surface area contributed by atoms with Crippen molar-refractivity contribution in [2.75, 3.05) is 5.73 Å². The van der Waals surface area contributed by atoms with E-state index in [0.29, 0.717) is 11.4 Å². The minimum absolute atomic E-state index is 0.0129. The summed E-state index contributed by atoms with van der Waals surface area (Å²) in [5, 5.41) is 7.61. The van der Waals surface area contributed by atoms with Gasteiger partial charge in [-0.15, -0.1) is 10.2 Å². The van der Waals surface area contributed by atoms with Crippen molar-refractivity contribution in [3.63, 3.8) is 0 Å². The third-order valence-corrected chi connectivity index (χ3v) is 2.20. The lowest BCUT2D eigenvalue weighted by molar-refractivity contribution is 0.0543. The SMILES string of the molecule is CC(C)(C)OC(=O)n1c(N)nnc1-c1ccncc1. The number of nitrogen functional groups attached to an aromatic ring is 1. The first kappa shape index (κ1) is 13.0. The van der Waals surface area contributed by atoms with Crippen LogP contribution in [0.4, 0.5) is 10.7 Å². The fourth-order valence-corrected chi connectivity index (χ4v) is 1.47. The number of aromatic nitrogens is 4. The summed E-state index contributed by atoms with van der Waals surface area (Å²) >= 11 is 0. The molecule has 0 amide bonds. The number of pyridine rings is 1. The van der Waals surface area contributed by atoms with E-state index in [1.54, 1.807) is 45.3 Å². The Morgan fingerprint density at radius 1 is 1.26 bits per heavy atom. The van der Waals surface area contributed by atoms with Crippen molar-refractivity contribution < 1.29 is 9.53 Å². The second kappa shape index (κ2) is 4.68. The Labute approximate surface area is 110 Å². The number of carbonyl (C=O) groups is 1. The van der Waals surface area contributed by atoms with E-state index >= 15 is 0 Å². The molecule has 7 heteroatoms. The van der Waals surface area contributed by atoms with Gasteiger partial charge >= 0.3 is 6.09 Å². The molecule has 0 unspecified atom stereocenters. The predicted octanol–water partition coefficient (Wildman–Crippen LogP) is 1.71. The van der Waals surface area contributed by atoms with Crippen molar-refractivity contribution in [1.82, 2.24) is 19.7 Å². The highest BCUT2D eigenvalue weighted by molar-refractivity contribution is 5.79. The zero-order chi connectivity index (χ0) is 14.0. The van der Waals surface area contributed by atoms with Gasteiger partial charge in [0.2, 0.25) is 5.95 Å². The van der Waals surface area contributed by atoms with Gasteiger partial charge < -0.3 is 10.5 Å². The molecule has 2 aromatic rings. The van der Waals surface area contributed by atoms with Gasteiger partial charge in [-0.05, 0) is 32.9 Å². The Balaban J connectivity index is 2.42. The number of hydrogen-bond donors (Lipinski definition) is 1. The molecule has 7 nitrogen and oxygen atoms in total. The molecule has 0 radical (unpaired) electrons. The molecule has 2 aromatic heterocycles. The minimum Gasteiger partial charge on any atom is -0.443 e. The number of nitrogens with zero attached hydrogens (tertiary/aromatic N) is 4. The first-order valence-electron chi connectivity index (χ1n) is 5.73. The Morgan fingerprint density at radius 2 is 1.89 bits per heavy atom. The second-order valence-electron chi connectivity index (χ2n) is 4.93. The van der Waals surface area contributed by atoms with Crippen molar-refractivity contribution >= 4 is 12.0 Å². The molecule has 2 N–H and O–H groups in total. The number of carbonyl (C=O) groups excluding carboxylic acids is 1. The lowest BCUT2D eigenvalue weighted by Crippen LogP contribution is -2.28. The standard InChI is InChI=1S/C12H15N5O2/c1-12(2,3)19-11(18)17-9(15-16-10(17)13)8-4-6-14-7-5-8/h4-7H,1-3H3,(H2,13,16). The first-order chi connectivity index (χ1) is 8.88. The lowest BCUT2D eigenvalue weighted by Gasteiger charge is -2.20. The summed E-state index contributed by atoms with van der Waals surface area (Å²) < 4.78 is 6.41. The van der Waals surface area contributed by atoms with Gasteiger partial charge in [0, 0.05) is 18.0 Å². The summed E-state index contributed by atoms with van der Waals surface area (Å²) in [4.78, 5) is 16.0. The average molecular weight is 261 g/mol. The molecule has 0 aliphatic carbocycles. The number of ether oxygens (including phenoxy) is 1. The Morgan fingerprint density at radius 3 is 2.47 bits per heavy atom. The molecule has 19 heavy (non-hydrogen) atoms. The van der Waals surface area contributed by atoms with Crippen molar-refractivity contribution in [3.8, 4) is 11.4 Å². The summed E-state index contributed by atoms with van der Waals surface area (Å²) in [5.41, 5.74) is 5.73. The Hall–Kier alpha value is -2.44. The number of rotatable bonds is 1. The van der Waals surface area contributed by atoms with E-state index in [9.17, 15) is 4.79 Å². The quantitative estimate of drug-likeness (QED) is 0.839. The number of anilines is 1. The third-order valence-electron chi connectivity index (χ3n) is 2.20. The molecule has 2 rings (SSSR count). The van der Waals surface area contributed by atoms with Gasteiger partial charge in [-0.1, -0.05) is 0 Å². The van der Waals surface area contributed by atoms with E-state index in [4.69, 9.17) is 10.5 Å². The maximum atomic E-state index is 12.1. The maximum absolute atomic E-state index is 12.1. The monoisotopic (exact) mass is 261 g/mol. The van der Waals surface area contributed by atoms with Crippen LogP contribution in [-0.4, -0.2) is 31.4 Å². The van der Waals surface area contributed by atoms with Gasteiger partial charge in [0.15, 0.2) is 5.82 Å². The van der Waals surface area contributed by atoms with Crippen LogP contribution in [-0.2, 0) is 4.74 Å². The highest BCUT2D eigenvalue weighted by Gasteiger charge is 2.23. The molecule has 0 bridgehead atoms. The van der Waals surface area contributed by atoms with E-state index in [1.807, 2.05) is 0 Å². The minimum atomic E-state index is -0.622. The molecule has 2 heterocycles. The predicted molar refractivity (Wildman–Crippen MR) is 69.3 cm³/mol. The van der Waals surface area contributed by atoms with Crippen LogP contribution in [0.5, 0.6) is 0 Å². The fourth-order valence-electron chi connectivity index (χ4n) is 1.47. The number of nitrogens with two attached hydrogens (primary N) is 1. The normalized spacial score (nSPS) is 11.3. The zero-order valence-corrected chi connectivity index (χ0v) is 11.0. The molecule has 0 spiro atoms. The highest BCUT2D eigenvalue weighted by Crippen LogP contribution is 2.20. The van der Waals surface area contributed by atoms with Gasteiger partial charge in [-0.2, -0.15) is 4.57 Å². The molecule has 100 valence electrons. The maximum Gasteiger partial charge on any atom is 0.423 e. The lowest BCUT2D eigenvalue weighted by atomic mass is 10.2. The Bertz CT molecular complexity index is 586. The molecule has 0 fully saturated rings. The topological polar surface area (TPSA) is 95.9 Å². The van der Waals surface area contributed by atoms with E-state index < -0.39 is 11.7 Å². The molecule has 0 saturated heterocycles. The van der Waals surface area contributed by atoms with Crippen molar-refractivity contribution in [3.05, 3.63) is 24.5 Å². The van der Waals surface area contributed by atoms with Crippen molar-refractivity contribution in [2.45, 2.75) is 26.4 Å². The van der Waals surface area contributed by atoms with Gasteiger partial charge in [-0.25, -0.2) is 4.79 Å². The van der Waals surface area contributed by atoms with Gasteiger partial charge in [0.05, 0.1) is 0 Å². The van der Waals surface area contributed by atoms with Crippen molar-refractivity contribution in [2.24, 2.45) is 0 Å². The van der Waals surface area contributed by atoms with Crippen molar-refractivity contribution in [1.29, 1.82) is 0 Å². The zero-order valence-electron chi connectivity index (χ0n) is 11.0. The van der Waals surface area contributed by atoms with Crippen LogP contribution >= 0.6 is 0 Å². The summed E-state index contributed by atoms with van der Waals surface area (Å²) in [6.45, 7) is 5.33. The van der Waals surface area contributed by atoms with Crippen LogP contribution < -0.4 is 5.73 Å². The van der Waals surface area contributed by atoms with Crippen LogP contribution in [0.15, 0.2) is 24.5 Å². The summed E-state index contributed by atoms with van der Waals surface area (Å²) in [5.74, 6) is 0.315. The smallest absolute Gasteiger partial charge is 0.423 e. The van der Waals surface area contributed by atoms with E-state index in [1.165, 1.54) is 0 Å². The van der Waals surface area contributed by atoms with E-state index in [-0.39, 0.29) is 5.95 Å². The highest BCUT2D eigenvalue weighted by atomic mass is 16.6. The van der Waals surface area contributed by atoms with Gasteiger partial charge in [0.25, 0.3) is 0 Å². The van der Waals surface area contributed by atoms with Crippen LogP contribution in [0.3, 0.4) is 0 Å². The fraction of sp³-hybridized carbons (Fsp3) is 0.333. The summed E-state index contributed by atoms with van der Waals surface area (Å²) in [7, 11) is 0. The molecule has 0 aliphatic heterocycles. The largest absolute Gasteiger partial charge is 0.443 e. The first-order valence-corrected chi connectivity index (χ1v) is 5.73. The molecule has 0 saturated carbocycles. The summed E-state index contributed by atoms with van der Waals surface area (Å²) in [6, 6.07) is 3.43. The van der Waals surface area contributed by atoms with Crippen LogP contribution in [0.25, 0.3) is 11.4 Å². The van der Waals surface area contributed by atoms with Gasteiger partial charge in [-0.3, -0.25) is 4.98 Å². The third kappa shape index (κ3) is 2.87. The molecular weight excluding hydrogens is 246 g/mol. The molecule has 0 aromatic carbocycles. The second-order valence-corrected chi connectivity index (χ2v) is 4.93. The van der Waals surface area contributed by atoms with E-state index in [2.05, 4.69) is 15.2 Å². The number of hydrogen-bond acceptors (Lipinski definition) is 6. The van der Waals surface area contributed by atoms with Crippen LogP contribution in [0.1, 0.15) is 20.8 Å². The Kier molecular flexibility index (Phi) is 3.20.